The third-order valence-electron chi connectivity index (χ3n) is 3.44. The van der Waals surface area contributed by atoms with Crippen molar-refractivity contribution in [2.45, 2.75) is 25.4 Å². The summed E-state index contributed by atoms with van der Waals surface area (Å²) in [4.78, 5) is 18.3. The van der Waals surface area contributed by atoms with Crippen LogP contribution in [0.3, 0.4) is 0 Å². The van der Waals surface area contributed by atoms with Gasteiger partial charge in [-0.1, -0.05) is 12.1 Å². The summed E-state index contributed by atoms with van der Waals surface area (Å²) in [6.45, 7) is 0.520. The van der Waals surface area contributed by atoms with Crippen LogP contribution in [0, 0.1) is 5.82 Å². The van der Waals surface area contributed by atoms with Gasteiger partial charge in [-0.05, 0) is 42.7 Å². The van der Waals surface area contributed by atoms with Crippen LogP contribution < -0.4 is 0 Å². The van der Waals surface area contributed by atoms with Crippen LogP contribution in [-0.4, -0.2) is 21.8 Å². The standard InChI is InChI=1S/C16H15FN2O/c17-14-3-1-12(2-4-14)11-19(15-5-6-15)16(20)13-7-9-18-10-8-13/h1-4,7-10,15H,5-6,11H2. The molecule has 0 N–H and O–H groups in total. The van der Waals surface area contributed by atoms with Gasteiger partial charge in [0.25, 0.3) is 5.91 Å². The van der Waals surface area contributed by atoms with E-state index in [2.05, 4.69) is 4.98 Å². The van der Waals surface area contributed by atoms with E-state index in [1.165, 1.54) is 12.1 Å². The van der Waals surface area contributed by atoms with Gasteiger partial charge in [0.05, 0.1) is 0 Å². The first-order valence-corrected chi connectivity index (χ1v) is 6.69. The Kier molecular flexibility index (Phi) is 3.46. The van der Waals surface area contributed by atoms with Gasteiger partial charge in [0.1, 0.15) is 5.82 Å². The molecule has 0 saturated heterocycles. The average Bonchev–Trinajstić information content (AvgIpc) is 3.31. The second-order valence-corrected chi connectivity index (χ2v) is 5.03. The number of halogens is 1. The molecule has 0 spiro atoms. The molecule has 1 aromatic carbocycles. The predicted octanol–water partition coefficient (Wildman–Crippen LogP) is 3.03. The third-order valence-corrected chi connectivity index (χ3v) is 3.44. The average molecular weight is 270 g/mol. The molecule has 3 nitrogen and oxygen atoms in total. The summed E-state index contributed by atoms with van der Waals surface area (Å²) in [6.07, 6.45) is 5.32. The lowest BCUT2D eigenvalue weighted by Gasteiger charge is -2.22. The smallest absolute Gasteiger partial charge is 0.254 e. The minimum absolute atomic E-state index is 0.0132. The summed E-state index contributed by atoms with van der Waals surface area (Å²) in [5.74, 6) is -0.244. The number of carbonyl (C=O) groups excluding carboxylic acids is 1. The highest BCUT2D eigenvalue weighted by atomic mass is 19.1. The lowest BCUT2D eigenvalue weighted by molar-refractivity contribution is 0.0730. The van der Waals surface area contributed by atoms with Crippen molar-refractivity contribution < 1.29 is 9.18 Å². The maximum Gasteiger partial charge on any atom is 0.254 e. The van der Waals surface area contributed by atoms with Gasteiger partial charge in [0.15, 0.2) is 0 Å². The Bertz CT molecular complexity index is 594. The molecule has 1 aliphatic carbocycles. The molecule has 4 heteroatoms. The molecule has 3 rings (SSSR count). The number of pyridine rings is 1. The highest BCUT2D eigenvalue weighted by Crippen LogP contribution is 2.29. The Morgan fingerprint density at radius 2 is 1.80 bits per heavy atom. The lowest BCUT2D eigenvalue weighted by atomic mass is 10.1. The molecular formula is C16H15FN2O. The van der Waals surface area contributed by atoms with Gasteiger partial charge < -0.3 is 4.90 Å². The first-order valence-electron chi connectivity index (χ1n) is 6.69. The number of amides is 1. The first-order chi connectivity index (χ1) is 9.74. The zero-order valence-corrected chi connectivity index (χ0v) is 11.0. The maximum absolute atomic E-state index is 12.9. The Labute approximate surface area is 117 Å². The van der Waals surface area contributed by atoms with Crippen molar-refractivity contribution in [1.82, 2.24) is 9.88 Å². The summed E-state index contributed by atoms with van der Waals surface area (Å²) in [5.41, 5.74) is 1.59. The number of hydrogen-bond acceptors (Lipinski definition) is 2. The zero-order chi connectivity index (χ0) is 13.9. The summed E-state index contributed by atoms with van der Waals surface area (Å²) in [5, 5.41) is 0. The highest BCUT2D eigenvalue weighted by molar-refractivity contribution is 5.94. The monoisotopic (exact) mass is 270 g/mol. The fourth-order valence-corrected chi connectivity index (χ4v) is 2.20. The molecule has 1 saturated carbocycles. The topological polar surface area (TPSA) is 33.2 Å². The largest absolute Gasteiger partial charge is 0.331 e. The molecule has 1 aliphatic rings. The molecule has 0 aliphatic heterocycles. The van der Waals surface area contributed by atoms with E-state index in [1.807, 2.05) is 4.90 Å². The first kappa shape index (κ1) is 12.8. The van der Waals surface area contributed by atoms with Crippen LogP contribution in [0.1, 0.15) is 28.8 Å². The lowest BCUT2D eigenvalue weighted by Crippen LogP contribution is -2.32. The number of hydrogen-bond donors (Lipinski definition) is 0. The van der Waals surface area contributed by atoms with E-state index in [1.54, 1.807) is 36.7 Å². The van der Waals surface area contributed by atoms with Gasteiger partial charge in [-0.3, -0.25) is 9.78 Å². The molecule has 1 heterocycles. The summed E-state index contributed by atoms with van der Waals surface area (Å²) in [6, 6.07) is 10.1. The number of nitrogens with zero attached hydrogens (tertiary/aromatic N) is 2. The fourth-order valence-electron chi connectivity index (χ4n) is 2.20. The molecule has 2 aromatic rings. The Hall–Kier alpha value is -2.23. The minimum atomic E-state index is -0.257. The molecule has 0 atom stereocenters. The van der Waals surface area contributed by atoms with Gasteiger partial charge >= 0.3 is 0 Å². The van der Waals surface area contributed by atoms with Gasteiger partial charge in [-0.25, -0.2) is 4.39 Å². The number of rotatable bonds is 4. The van der Waals surface area contributed by atoms with E-state index < -0.39 is 0 Å². The molecule has 1 amide bonds. The molecular weight excluding hydrogens is 255 g/mol. The number of aromatic nitrogens is 1. The van der Waals surface area contributed by atoms with E-state index >= 15 is 0 Å². The van der Waals surface area contributed by atoms with Crippen LogP contribution in [0.25, 0.3) is 0 Å². The molecule has 1 fully saturated rings. The normalized spacial score (nSPS) is 14.1. The van der Waals surface area contributed by atoms with Crippen molar-refractivity contribution in [2.75, 3.05) is 0 Å². The van der Waals surface area contributed by atoms with Crippen molar-refractivity contribution in [3.63, 3.8) is 0 Å². The van der Waals surface area contributed by atoms with Gasteiger partial charge in [-0.2, -0.15) is 0 Å². The Morgan fingerprint density at radius 1 is 1.15 bits per heavy atom. The van der Waals surface area contributed by atoms with Crippen LogP contribution in [0.5, 0.6) is 0 Å². The van der Waals surface area contributed by atoms with Gasteiger partial charge in [0.2, 0.25) is 0 Å². The van der Waals surface area contributed by atoms with Crippen molar-refractivity contribution in [2.24, 2.45) is 0 Å². The zero-order valence-electron chi connectivity index (χ0n) is 11.0. The van der Waals surface area contributed by atoms with Gasteiger partial charge in [0, 0.05) is 30.5 Å². The van der Waals surface area contributed by atoms with E-state index in [-0.39, 0.29) is 11.7 Å². The van der Waals surface area contributed by atoms with Gasteiger partial charge in [-0.15, -0.1) is 0 Å². The van der Waals surface area contributed by atoms with Crippen molar-refractivity contribution in [1.29, 1.82) is 0 Å². The quantitative estimate of drug-likeness (QED) is 0.855. The predicted molar refractivity (Wildman–Crippen MR) is 73.5 cm³/mol. The second kappa shape index (κ2) is 5.41. The van der Waals surface area contributed by atoms with E-state index in [0.29, 0.717) is 18.2 Å². The molecule has 0 bridgehead atoms. The summed E-state index contributed by atoms with van der Waals surface area (Å²) in [7, 11) is 0. The van der Waals surface area contributed by atoms with Crippen molar-refractivity contribution >= 4 is 5.91 Å². The van der Waals surface area contributed by atoms with E-state index in [9.17, 15) is 9.18 Å². The SMILES string of the molecule is O=C(c1ccncc1)N(Cc1ccc(F)cc1)C1CC1. The number of carbonyl (C=O) groups is 1. The van der Waals surface area contributed by atoms with Crippen LogP contribution in [0.4, 0.5) is 4.39 Å². The minimum Gasteiger partial charge on any atom is -0.331 e. The number of benzene rings is 1. The summed E-state index contributed by atoms with van der Waals surface area (Å²) >= 11 is 0. The molecule has 20 heavy (non-hydrogen) atoms. The van der Waals surface area contributed by atoms with Crippen LogP contribution in [0.2, 0.25) is 0 Å². The molecule has 0 radical (unpaired) electrons. The molecule has 102 valence electrons. The van der Waals surface area contributed by atoms with Crippen LogP contribution in [0.15, 0.2) is 48.8 Å². The van der Waals surface area contributed by atoms with E-state index in [0.717, 1.165) is 18.4 Å². The van der Waals surface area contributed by atoms with Crippen LogP contribution >= 0.6 is 0 Å². The second-order valence-electron chi connectivity index (χ2n) is 5.03. The maximum atomic E-state index is 12.9. The fraction of sp³-hybridized carbons (Fsp3) is 0.250. The van der Waals surface area contributed by atoms with E-state index in [4.69, 9.17) is 0 Å². The van der Waals surface area contributed by atoms with Crippen molar-refractivity contribution in [3.8, 4) is 0 Å². The van der Waals surface area contributed by atoms with Crippen molar-refractivity contribution in [3.05, 3.63) is 65.7 Å². The highest BCUT2D eigenvalue weighted by Gasteiger charge is 2.32. The Balaban J connectivity index is 1.79. The molecule has 1 aromatic heterocycles. The summed E-state index contributed by atoms with van der Waals surface area (Å²) < 4.78 is 12.9. The van der Waals surface area contributed by atoms with Crippen LogP contribution in [-0.2, 0) is 6.54 Å². The molecule has 0 unspecified atom stereocenters. The Morgan fingerprint density at radius 3 is 2.40 bits per heavy atom. The third kappa shape index (κ3) is 2.85.